The van der Waals surface area contributed by atoms with Crippen LogP contribution in [0.25, 0.3) is 0 Å². The number of hydrogen-bond donors (Lipinski definition) is 1. The summed E-state index contributed by atoms with van der Waals surface area (Å²) >= 11 is 0. The molecule has 80 valence electrons. The average Bonchev–Trinajstić information content (AvgIpc) is 2.29. The van der Waals surface area contributed by atoms with Crippen LogP contribution in [0, 0.1) is 0 Å². The number of aldehydes is 1. The van der Waals surface area contributed by atoms with E-state index >= 15 is 0 Å². The Bertz CT molecular complexity index is 374. The van der Waals surface area contributed by atoms with Gasteiger partial charge in [0.2, 0.25) is 5.91 Å². The van der Waals surface area contributed by atoms with E-state index in [1.807, 2.05) is 0 Å². The molecule has 1 rings (SSSR count). The van der Waals surface area contributed by atoms with E-state index in [0.29, 0.717) is 11.3 Å². The fourth-order valence-corrected chi connectivity index (χ4v) is 1.24. The second kappa shape index (κ2) is 5.14. The second-order valence-corrected chi connectivity index (χ2v) is 3.04. The Labute approximate surface area is 88.2 Å². The van der Waals surface area contributed by atoms with Crippen LogP contribution in [0.3, 0.4) is 0 Å². The Morgan fingerprint density at radius 2 is 2.27 bits per heavy atom. The molecule has 0 aromatic heterocycles. The smallest absolute Gasteiger partial charge is 0.224 e. The van der Waals surface area contributed by atoms with E-state index < -0.39 is 0 Å². The van der Waals surface area contributed by atoms with Crippen molar-refractivity contribution in [3.8, 4) is 5.75 Å². The molecule has 0 spiro atoms. The van der Waals surface area contributed by atoms with Crippen molar-refractivity contribution < 1.29 is 14.3 Å². The van der Waals surface area contributed by atoms with Crippen LogP contribution in [0.4, 0.5) is 0 Å². The van der Waals surface area contributed by atoms with Crippen LogP contribution in [-0.2, 0) is 11.2 Å². The summed E-state index contributed by atoms with van der Waals surface area (Å²) in [4.78, 5) is 21.7. The Hall–Kier alpha value is -1.84. The van der Waals surface area contributed by atoms with Gasteiger partial charge >= 0.3 is 0 Å². The minimum atomic E-state index is -0.0906. The third-order valence-electron chi connectivity index (χ3n) is 2.08. The molecule has 1 aromatic rings. The highest BCUT2D eigenvalue weighted by atomic mass is 16.5. The summed E-state index contributed by atoms with van der Waals surface area (Å²) in [7, 11) is 3.09. The van der Waals surface area contributed by atoms with Gasteiger partial charge in [-0.2, -0.15) is 0 Å². The normalized spacial score (nSPS) is 9.47. The van der Waals surface area contributed by atoms with Crippen molar-refractivity contribution in [3.05, 3.63) is 29.3 Å². The Morgan fingerprint density at radius 3 is 2.80 bits per heavy atom. The van der Waals surface area contributed by atoms with Crippen molar-refractivity contribution in [3.63, 3.8) is 0 Å². The number of benzene rings is 1. The second-order valence-electron chi connectivity index (χ2n) is 3.04. The SMILES string of the molecule is CNC(=O)Cc1ccc(C=O)cc1OC. The predicted octanol–water partition coefficient (Wildman–Crippen LogP) is 0.796. The van der Waals surface area contributed by atoms with Crippen molar-refractivity contribution in [2.24, 2.45) is 0 Å². The standard InChI is InChI=1S/C11H13NO3/c1-12-11(14)6-9-4-3-8(7-13)5-10(9)15-2/h3-5,7H,6H2,1-2H3,(H,12,14). The minimum absolute atomic E-state index is 0.0906. The van der Waals surface area contributed by atoms with Crippen molar-refractivity contribution in [2.75, 3.05) is 14.2 Å². The van der Waals surface area contributed by atoms with Gasteiger partial charge in [0.1, 0.15) is 12.0 Å². The topological polar surface area (TPSA) is 55.4 Å². The van der Waals surface area contributed by atoms with Gasteiger partial charge in [0.05, 0.1) is 13.5 Å². The van der Waals surface area contributed by atoms with Crippen molar-refractivity contribution in [1.82, 2.24) is 5.32 Å². The predicted molar refractivity (Wildman–Crippen MR) is 56.2 cm³/mol. The first-order chi connectivity index (χ1) is 7.21. The molecule has 4 nitrogen and oxygen atoms in total. The van der Waals surface area contributed by atoms with E-state index in [1.165, 1.54) is 7.11 Å². The molecule has 1 N–H and O–H groups in total. The fraction of sp³-hybridized carbons (Fsp3) is 0.273. The molecule has 0 bridgehead atoms. The third-order valence-corrected chi connectivity index (χ3v) is 2.08. The van der Waals surface area contributed by atoms with Crippen LogP contribution in [-0.4, -0.2) is 26.4 Å². The van der Waals surface area contributed by atoms with Crippen LogP contribution in [0.15, 0.2) is 18.2 Å². The number of rotatable bonds is 4. The summed E-state index contributed by atoms with van der Waals surface area (Å²) in [6, 6.07) is 5.00. The van der Waals surface area contributed by atoms with Gasteiger partial charge in [-0.3, -0.25) is 9.59 Å². The largest absolute Gasteiger partial charge is 0.496 e. The number of carbonyl (C=O) groups is 2. The summed E-state index contributed by atoms with van der Waals surface area (Å²) in [5, 5.41) is 2.53. The zero-order chi connectivity index (χ0) is 11.3. The summed E-state index contributed by atoms with van der Waals surface area (Å²) in [5.41, 5.74) is 1.30. The van der Waals surface area contributed by atoms with Crippen molar-refractivity contribution in [1.29, 1.82) is 0 Å². The van der Waals surface area contributed by atoms with E-state index in [2.05, 4.69) is 5.32 Å². The maximum Gasteiger partial charge on any atom is 0.224 e. The Morgan fingerprint density at radius 1 is 1.53 bits per heavy atom. The lowest BCUT2D eigenvalue weighted by molar-refractivity contribution is -0.119. The van der Waals surface area contributed by atoms with Gasteiger partial charge < -0.3 is 10.1 Å². The average molecular weight is 207 g/mol. The molecule has 0 aliphatic heterocycles. The van der Waals surface area contributed by atoms with Gasteiger partial charge in [0.25, 0.3) is 0 Å². The molecule has 15 heavy (non-hydrogen) atoms. The maximum atomic E-state index is 11.2. The number of carbonyl (C=O) groups excluding carboxylic acids is 2. The number of amides is 1. The monoisotopic (exact) mass is 207 g/mol. The first-order valence-electron chi connectivity index (χ1n) is 4.54. The van der Waals surface area contributed by atoms with Crippen LogP contribution in [0.1, 0.15) is 15.9 Å². The Balaban J connectivity index is 2.97. The van der Waals surface area contributed by atoms with E-state index in [4.69, 9.17) is 4.74 Å². The lowest BCUT2D eigenvalue weighted by atomic mass is 10.1. The van der Waals surface area contributed by atoms with E-state index in [-0.39, 0.29) is 12.3 Å². The lowest BCUT2D eigenvalue weighted by Gasteiger charge is -2.07. The van der Waals surface area contributed by atoms with Crippen LogP contribution >= 0.6 is 0 Å². The van der Waals surface area contributed by atoms with Gasteiger partial charge in [-0.15, -0.1) is 0 Å². The summed E-state index contributed by atoms with van der Waals surface area (Å²) in [6.45, 7) is 0. The zero-order valence-electron chi connectivity index (χ0n) is 8.74. The van der Waals surface area contributed by atoms with Crippen LogP contribution in [0.5, 0.6) is 5.75 Å². The van der Waals surface area contributed by atoms with Gasteiger partial charge in [-0.25, -0.2) is 0 Å². The fourth-order valence-electron chi connectivity index (χ4n) is 1.24. The molecule has 0 aliphatic rings. The molecule has 0 saturated heterocycles. The molecular formula is C11H13NO3. The molecular weight excluding hydrogens is 194 g/mol. The maximum absolute atomic E-state index is 11.2. The summed E-state index contributed by atoms with van der Waals surface area (Å²) < 4.78 is 5.09. The van der Waals surface area contributed by atoms with Crippen molar-refractivity contribution >= 4 is 12.2 Å². The van der Waals surface area contributed by atoms with E-state index in [0.717, 1.165) is 11.8 Å². The summed E-state index contributed by atoms with van der Waals surface area (Å²) in [6.07, 6.45) is 0.991. The molecule has 4 heteroatoms. The number of hydrogen-bond acceptors (Lipinski definition) is 3. The quantitative estimate of drug-likeness (QED) is 0.743. The molecule has 0 fully saturated rings. The van der Waals surface area contributed by atoms with Gasteiger partial charge in [0.15, 0.2) is 0 Å². The first kappa shape index (κ1) is 11.2. The number of nitrogens with one attached hydrogen (secondary N) is 1. The molecule has 0 saturated carbocycles. The molecule has 1 aromatic carbocycles. The molecule has 1 amide bonds. The van der Waals surface area contributed by atoms with Crippen LogP contribution in [0.2, 0.25) is 0 Å². The first-order valence-corrected chi connectivity index (χ1v) is 4.54. The van der Waals surface area contributed by atoms with Gasteiger partial charge in [-0.1, -0.05) is 12.1 Å². The zero-order valence-corrected chi connectivity index (χ0v) is 8.74. The van der Waals surface area contributed by atoms with Gasteiger partial charge in [-0.05, 0) is 6.07 Å². The molecule has 0 aliphatic carbocycles. The van der Waals surface area contributed by atoms with E-state index in [1.54, 1.807) is 25.2 Å². The van der Waals surface area contributed by atoms with Crippen LogP contribution < -0.4 is 10.1 Å². The molecule has 0 atom stereocenters. The lowest BCUT2D eigenvalue weighted by Crippen LogP contribution is -2.20. The Kier molecular flexibility index (Phi) is 3.85. The van der Waals surface area contributed by atoms with Crippen molar-refractivity contribution in [2.45, 2.75) is 6.42 Å². The van der Waals surface area contributed by atoms with Gasteiger partial charge in [0, 0.05) is 18.2 Å². The third kappa shape index (κ3) is 2.80. The minimum Gasteiger partial charge on any atom is -0.496 e. The van der Waals surface area contributed by atoms with E-state index in [9.17, 15) is 9.59 Å². The highest BCUT2D eigenvalue weighted by Crippen LogP contribution is 2.19. The highest BCUT2D eigenvalue weighted by Gasteiger charge is 2.07. The summed E-state index contributed by atoms with van der Waals surface area (Å²) in [5.74, 6) is 0.468. The molecule has 0 heterocycles. The molecule has 0 unspecified atom stereocenters. The highest BCUT2D eigenvalue weighted by molar-refractivity contribution is 5.80. The molecule has 0 radical (unpaired) electrons. The number of ether oxygens (including phenoxy) is 1. The number of methoxy groups -OCH3 is 1. The number of likely N-dealkylation sites (N-methyl/N-ethyl adjacent to an activating group) is 1.